The molecule has 156 valence electrons. The summed E-state index contributed by atoms with van der Waals surface area (Å²) in [7, 11) is 4.20. The van der Waals surface area contributed by atoms with Gasteiger partial charge in [-0.2, -0.15) is 0 Å². The first-order valence-corrected chi connectivity index (χ1v) is 10.7. The molecule has 0 spiro atoms. The standard InChI is InChI=1S/C23H28N6S/c1-17-10-11-20(25-16-17)28-14-6-9-19(28)22-21(18-8-4-5-12-24-18)26-23(30)29(22)15-7-13-27(2)3/h4-6,8-12,14,16,21-22H,7,13,15H2,1-3H3,(H,26,30)/t21-,22-/m1/s1. The van der Waals surface area contributed by atoms with Gasteiger partial charge in [-0.3, -0.25) is 4.98 Å². The van der Waals surface area contributed by atoms with Crippen molar-refractivity contribution in [2.24, 2.45) is 0 Å². The molecule has 0 amide bonds. The molecule has 1 aliphatic heterocycles. The third kappa shape index (κ3) is 4.22. The van der Waals surface area contributed by atoms with Crippen molar-refractivity contribution in [2.75, 3.05) is 27.2 Å². The molecule has 2 atom stereocenters. The lowest BCUT2D eigenvalue weighted by Crippen LogP contribution is -2.33. The summed E-state index contributed by atoms with van der Waals surface area (Å²) >= 11 is 5.77. The van der Waals surface area contributed by atoms with Gasteiger partial charge in [0.1, 0.15) is 5.82 Å². The second kappa shape index (κ2) is 8.93. The van der Waals surface area contributed by atoms with E-state index in [0.717, 1.165) is 47.4 Å². The second-order valence-electron chi connectivity index (χ2n) is 7.97. The van der Waals surface area contributed by atoms with Crippen molar-refractivity contribution in [1.29, 1.82) is 0 Å². The van der Waals surface area contributed by atoms with Gasteiger partial charge in [0.2, 0.25) is 0 Å². The van der Waals surface area contributed by atoms with Gasteiger partial charge in [0, 0.05) is 30.8 Å². The number of nitrogens with one attached hydrogen (secondary N) is 1. The number of thiocarbonyl (C=S) groups is 1. The highest BCUT2D eigenvalue weighted by atomic mass is 32.1. The number of aromatic nitrogens is 3. The van der Waals surface area contributed by atoms with Crippen LogP contribution in [-0.2, 0) is 0 Å². The summed E-state index contributed by atoms with van der Waals surface area (Å²) in [5, 5.41) is 4.31. The fourth-order valence-electron chi connectivity index (χ4n) is 3.97. The van der Waals surface area contributed by atoms with Crippen molar-refractivity contribution >= 4 is 17.3 Å². The Hall–Kier alpha value is -2.77. The number of rotatable bonds is 7. The van der Waals surface area contributed by atoms with Crippen LogP contribution in [0.5, 0.6) is 0 Å². The number of pyridine rings is 2. The zero-order valence-corrected chi connectivity index (χ0v) is 18.5. The third-order valence-electron chi connectivity index (χ3n) is 5.43. The van der Waals surface area contributed by atoms with Crippen LogP contribution < -0.4 is 5.32 Å². The largest absolute Gasteiger partial charge is 0.352 e. The van der Waals surface area contributed by atoms with E-state index in [1.54, 1.807) is 0 Å². The molecule has 0 bridgehead atoms. The predicted octanol–water partition coefficient (Wildman–Crippen LogP) is 3.50. The zero-order chi connectivity index (χ0) is 21.1. The van der Waals surface area contributed by atoms with E-state index in [0.29, 0.717) is 0 Å². The van der Waals surface area contributed by atoms with E-state index in [-0.39, 0.29) is 12.1 Å². The summed E-state index contributed by atoms with van der Waals surface area (Å²) in [4.78, 5) is 13.8. The van der Waals surface area contributed by atoms with Gasteiger partial charge in [-0.05, 0) is 82.1 Å². The number of nitrogens with zero attached hydrogens (tertiary/aromatic N) is 5. The topological polar surface area (TPSA) is 49.2 Å². The van der Waals surface area contributed by atoms with E-state index < -0.39 is 0 Å². The molecule has 1 saturated heterocycles. The van der Waals surface area contributed by atoms with E-state index in [1.165, 1.54) is 0 Å². The van der Waals surface area contributed by atoms with E-state index in [4.69, 9.17) is 12.2 Å². The number of hydrogen-bond donors (Lipinski definition) is 1. The summed E-state index contributed by atoms with van der Waals surface area (Å²) in [6.07, 6.45) is 6.85. The van der Waals surface area contributed by atoms with Gasteiger partial charge >= 0.3 is 0 Å². The molecule has 0 saturated carbocycles. The van der Waals surface area contributed by atoms with Crippen molar-refractivity contribution < 1.29 is 0 Å². The third-order valence-corrected chi connectivity index (χ3v) is 5.78. The minimum Gasteiger partial charge on any atom is -0.352 e. The number of aryl methyl sites for hydroxylation is 1. The molecule has 0 aromatic carbocycles. The first kappa shape index (κ1) is 20.5. The van der Waals surface area contributed by atoms with Crippen LogP contribution in [0.25, 0.3) is 5.82 Å². The van der Waals surface area contributed by atoms with Crippen LogP contribution in [0.3, 0.4) is 0 Å². The Balaban J connectivity index is 1.73. The highest BCUT2D eigenvalue weighted by molar-refractivity contribution is 7.80. The Morgan fingerprint density at radius 3 is 2.67 bits per heavy atom. The average molecular weight is 421 g/mol. The van der Waals surface area contributed by atoms with Crippen molar-refractivity contribution in [3.63, 3.8) is 0 Å². The van der Waals surface area contributed by atoms with Crippen LogP contribution in [0, 0.1) is 6.92 Å². The Morgan fingerprint density at radius 1 is 1.10 bits per heavy atom. The zero-order valence-electron chi connectivity index (χ0n) is 17.7. The van der Waals surface area contributed by atoms with Gasteiger partial charge in [-0.1, -0.05) is 12.1 Å². The minimum atomic E-state index is -0.0165. The van der Waals surface area contributed by atoms with Crippen LogP contribution in [0.1, 0.15) is 35.5 Å². The fourth-order valence-corrected chi connectivity index (χ4v) is 4.30. The molecule has 30 heavy (non-hydrogen) atoms. The monoisotopic (exact) mass is 420 g/mol. The van der Waals surface area contributed by atoms with Crippen LogP contribution in [0.4, 0.5) is 0 Å². The Labute approximate surface area is 183 Å². The van der Waals surface area contributed by atoms with Crippen molar-refractivity contribution in [3.8, 4) is 5.82 Å². The maximum Gasteiger partial charge on any atom is 0.170 e. The summed E-state index contributed by atoms with van der Waals surface area (Å²) in [5.41, 5.74) is 3.29. The quantitative estimate of drug-likeness (QED) is 0.591. The van der Waals surface area contributed by atoms with Gasteiger partial charge in [0.25, 0.3) is 0 Å². The van der Waals surface area contributed by atoms with Crippen LogP contribution in [0.2, 0.25) is 0 Å². The SMILES string of the molecule is Cc1ccc(-n2cccc2[C@@H]2[C@@H](c3ccccn3)NC(=S)N2CCCN(C)C)nc1. The first-order valence-electron chi connectivity index (χ1n) is 10.3. The summed E-state index contributed by atoms with van der Waals surface area (Å²) in [6, 6.07) is 14.4. The highest BCUT2D eigenvalue weighted by Crippen LogP contribution is 2.39. The molecule has 1 N–H and O–H groups in total. The Bertz CT molecular complexity index is 982. The maximum atomic E-state index is 5.77. The van der Waals surface area contributed by atoms with E-state index in [9.17, 15) is 0 Å². The lowest BCUT2D eigenvalue weighted by atomic mass is 10.0. The Morgan fingerprint density at radius 2 is 1.97 bits per heavy atom. The molecule has 6 nitrogen and oxygen atoms in total. The smallest absolute Gasteiger partial charge is 0.170 e. The summed E-state index contributed by atoms with van der Waals surface area (Å²) in [6.45, 7) is 3.95. The van der Waals surface area contributed by atoms with E-state index in [1.807, 2.05) is 24.5 Å². The normalized spacial score (nSPS) is 18.8. The van der Waals surface area contributed by atoms with Crippen LogP contribution in [-0.4, -0.2) is 56.6 Å². The van der Waals surface area contributed by atoms with Crippen molar-refractivity contribution in [2.45, 2.75) is 25.4 Å². The van der Waals surface area contributed by atoms with E-state index >= 15 is 0 Å². The molecule has 1 aliphatic rings. The molecule has 4 rings (SSSR count). The van der Waals surface area contributed by atoms with Crippen molar-refractivity contribution in [3.05, 3.63) is 78.0 Å². The molecule has 3 aromatic heterocycles. The van der Waals surface area contributed by atoms with E-state index in [2.05, 4.69) is 87.2 Å². The molecule has 7 heteroatoms. The van der Waals surface area contributed by atoms with Crippen LogP contribution in [0.15, 0.2) is 61.1 Å². The molecule has 1 fully saturated rings. The fraction of sp³-hybridized carbons (Fsp3) is 0.348. The van der Waals surface area contributed by atoms with Gasteiger partial charge in [-0.15, -0.1) is 0 Å². The van der Waals surface area contributed by atoms with Crippen molar-refractivity contribution in [1.82, 2.24) is 29.7 Å². The minimum absolute atomic E-state index is 0.0165. The average Bonchev–Trinajstić information content (AvgIpc) is 3.34. The summed E-state index contributed by atoms with van der Waals surface area (Å²) in [5.74, 6) is 0.909. The molecule has 3 aromatic rings. The lowest BCUT2D eigenvalue weighted by Gasteiger charge is -2.29. The van der Waals surface area contributed by atoms with Crippen LogP contribution >= 0.6 is 12.2 Å². The van der Waals surface area contributed by atoms with Gasteiger partial charge < -0.3 is 19.7 Å². The molecule has 4 heterocycles. The predicted molar refractivity (Wildman–Crippen MR) is 124 cm³/mol. The van der Waals surface area contributed by atoms with Gasteiger partial charge in [0.15, 0.2) is 5.11 Å². The van der Waals surface area contributed by atoms with Gasteiger partial charge in [0.05, 0.1) is 17.8 Å². The van der Waals surface area contributed by atoms with Gasteiger partial charge in [-0.25, -0.2) is 4.98 Å². The summed E-state index contributed by atoms with van der Waals surface area (Å²) < 4.78 is 2.16. The second-order valence-corrected chi connectivity index (χ2v) is 8.36. The number of hydrogen-bond acceptors (Lipinski definition) is 4. The highest BCUT2D eigenvalue weighted by Gasteiger charge is 2.41. The molecule has 0 unspecified atom stereocenters. The first-order chi connectivity index (χ1) is 14.5. The molecule has 0 aliphatic carbocycles. The Kier molecular flexibility index (Phi) is 6.11. The molecular formula is C23H28N6S. The maximum absolute atomic E-state index is 5.77. The molecular weight excluding hydrogens is 392 g/mol. The molecule has 0 radical (unpaired) electrons. The lowest BCUT2D eigenvalue weighted by molar-refractivity contribution is 0.286.